The van der Waals surface area contributed by atoms with Gasteiger partial charge in [0.15, 0.2) is 9.84 Å². The van der Waals surface area contributed by atoms with Crippen LogP contribution in [-0.2, 0) is 9.84 Å². The van der Waals surface area contributed by atoms with Gasteiger partial charge in [-0.1, -0.05) is 13.8 Å². The molecule has 0 aliphatic carbocycles. The summed E-state index contributed by atoms with van der Waals surface area (Å²) in [6.07, 6.45) is 3.86. The molecule has 0 amide bonds. The van der Waals surface area contributed by atoms with Crippen LogP contribution in [0.1, 0.15) is 38.5 Å². The van der Waals surface area contributed by atoms with Crippen LogP contribution < -0.4 is 0 Å². The van der Waals surface area contributed by atoms with E-state index in [2.05, 4.69) is 11.8 Å². The molecule has 1 aromatic heterocycles. The summed E-state index contributed by atoms with van der Waals surface area (Å²) in [5.74, 6) is 2.09. The van der Waals surface area contributed by atoms with Gasteiger partial charge in [-0.2, -0.15) is 0 Å². The molecular formula is C14H23NO3S. The third-order valence-electron chi connectivity index (χ3n) is 3.98. The van der Waals surface area contributed by atoms with Gasteiger partial charge in [-0.25, -0.2) is 8.42 Å². The lowest BCUT2D eigenvalue weighted by Crippen LogP contribution is -2.39. The van der Waals surface area contributed by atoms with Crippen molar-refractivity contribution in [3.05, 3.63) is 24.2 Å². The van der Waals surface area contributed by atoms with E-state index < -0.39 is 9.84 Å². The predicted molar refractivity (Wildman–Crippen MR) is 75.7 cm³/mol. The molecule has 1 aromatic rings. The monoisotopic (exact) mass is 285 g/mol. The third kappa shape index (κ3) is 3.83. The van der Waals surface area contributed by atoms with Gasteiger partial charge in [-0.15, -0.1) is 0 Å². The minimum atomic E-state index is -2.90. The van der Waals surface area contributed by atoms with Gasteiger partial charge in [0.25, 0.3) is 0 Å². The van der Waals surface area contributed by atoms with E-state index in [1.54, 1.807) is 13.2 Å². The number of furan rings is 1. The molecule has 0 bridgehead atoms. The largest absolute Gasteiger partial charge is 0.468 e. The fourth-order valence-electron chi connectivity index (χ4n) is 2.64. The molecule has 4 nitrogen and oxygen atoms in total. The molecule has 1 aliphatic rings. The van der Waals surface area contributed by atoms with Crippen LogP contribution in [0.2, 0.25) is 0 Å². The van der Waals surface area contributed by atoms with Gasteiger partial charge in [0, 0.05) is 12.3 Å². The number of rotatable bonds is 5. The number of nitrogens with zero attached hydrogens (tertiary/aromatic N) is 1. The Labute approximate surface area is 115 Å². The highest BCUT2D eigenvalue weighted by molar-refractivity contribution is 7.91. The normalized spacial score (nSPS) is 25.6. The van der Waals surface area contributed by atoms with Gasteiger partial charge in [0.05, 0.1) is 18.1 Å². The van der Waals surface area contributed by atoms with E-state index in [4.69, 9.17) is 4.42 Å². The fraction of sp³-hybridized carbons (Fsp3) is 0.714. The number of hydrogen-bond acceptors (Lipinski definition) is 4. The lowest BCUT2D eigenvalue weighted by Gasteiger charge is -2.37. The highest BCUT2D eigenvalue weighted by Crippen LogP contribution is 2.33. The zero-order valence-corrected chi connectivity index (χ0v) is 12.5. The Kier molecular flexibility index (Phi) is 4.68. The van der Waals surface area contributed by atoms with Crippen molar-refractivity contribution < 1.29 is 12.8 Å². The SMILES string of the molecule is CCS(=O)(=O)CCN1CC[C@H](C)C[C@@H]1c1ccco1. The molecule has 0 unspecified atom stereocenters. The summed E-state index contributed by atoms with van der Waals surface area (Å²) in [7, 11) is -2.90. The molecule has 1 saturated heterocycles. The van der Waals surface area contributed by atoms with Crippen molar-refractivity contribution in [2.24, 2.45) is 5.92 Å². The number of likely N-dealkylation sites (tertiary alicyclic amines) is 1. The lowest BCUT2D eigenvalue weighted by molar-refractivity contribution is 0.109. The molecule has 0 spiro atoms. The van der Waals surface area contributed by atoms with E-state index in [9.17, 15) is 8.42 Å². The maximum Gasteiger partial charge on any atom is 0.151 e. The van der Waals surface area contributed by atoms with Gasteiger partial charge < -0.3 is 4.42 Å². The van der Waals surface area contributed by atoms with Crippen LogP contribution in [0.25, 0.3) is 0 Å². The summed E-state index contributed by atoms with van der Waals surface area (Å²) in [5.41, 5.74) is 0. The quantitative estimate of drug-likeness (QED) is 0.834. The molecule has 19 heavy (non-hydrogen) atoms. The summed E-state index contributed by atoms with van der Waals surface area (Å²) in [6.45, 7) is 5.51. The Morgan fingerprint density at radius 1 is 1.47 bits per heavy atom. The van der Waals surface area contributed by atoms with Crippen molar-refractivity contribution in [1.82, 2.24) is 4.90 Å². The van der Waals surface area contributed by atoms with Crippen molar-refractivity contribution in [2.45, 2.75) is 32.7 Å². The Balaban J connectivity index is 2.04. The molecule has 2 rings (SSSR count). The Hall–Kier alpha value is -0.810. The first kappa shape index (κ1) is 14.6. The van der Waals surface area contributed by atoms with Gasteiger partial charge in [-0.3, -0.25) is 4.90 Å². The average Bonchev–Trinajstić information content (AvgIpc) is 2.91. The Morgan fingerprint density at radius 3 is 2.89 bits per heavy atom. The van der Waals surface area contributed by atoms with Crippen molar-refractivity contribution in [1.29, 1.82) is 0 Å². The smallest absolute Gasteiger partial charge is 0.151 e. The number of sulfone groups is 1. The van der Waals surface area contributed by atoms with Crippen LogP contribution in [-0.4, -0.2) is 37.9 Å². The summed E-state index contributed by atoms with van der Waals surface area (Å²) in [4.78, 5) is 2.26. The van der Waals surface area contributed by atoms with E-state index in [1.165, 1.54) is 0 Å². The van der Waals surface area contributed by atoms with Crippen LogP contribution in [0, 0.1) is 5.92 Å². The molecule has 2 atom stereocenters. The summed E-state index contributed by atoms with van der Waals surface area (Å²) in [5, 5.41) is 0. The summed E-state index contributed by atoms with van der Waals surface area (Å²) in [6, 6.07) is 4.12. The lowest BCUT2D eigenvalue weighted by atomic mass is 9.91. The Bertz CT molecular complexity index is 481. The summed E-state index contributed by atoms with van der Waals surface area (Å²) < 4.78 is 28.8. The zero-order valence-electron chi connectivity index (χ0n) is 11.7. The topological polar surface area (TPSA) is 50.5 Å². The van der Waals surface area contributed by atoms with Crippen molar-refractivity contribution in [3.63, 3.8) is 0 Å². The van der Waals surface area contributed by atoms with E-state index in [-0.39, 0.29) is 17.5 Å². The van der Waals surface area contributed by atoms with Gasteiger partial charge >= 0.3 is 0 Å². The standard InChI is InChI=1S/C14H23NO3S/c1-3-19(16,17)10-8-15-7-6-12(2)11-13(15)14-5-4-9-18-14/h4-5,9,12-13H,3,6-8,10-11H2,1-2H3/t12-,13+/m0/s1. The van der Waals surface area contributed by atoms with Crippen molar-refractivity contribution >= 4 is 9.84 Å². The minimum absolute atomic E-state index is 0.225. The molecule has 0 N–H and O–H groups in total. The van der Waals surface area contributed by atoms with E-state index in [0.29, 0.717) is 12.5 Å². The van der Waals surface area contributed by atoms with Gasteiger partial charge in [0.2, 0.25) is 0 Å². The third-order valence-corrected chi connectivity index (χ3v) is 5.66. The summed E-state index contributed by atoms with van der Waals surface area (Å²) >= 11 is 0. The van der Waals surface area contributed by atoms with Crippen molar-refractivity contribution in [3.8, 4) is 0 Å². The van der Waals surface area contributed by atoms with Crippen LogP contribution in [0.15, 0.2) is 22.8 Å². The molecule has 1 aliphatic heterocycles. The first-order valence-corrected chi connectivity index (χ1v) is 8.82. The van der Waals surface area contributed by atoms with Crippen LogP contribution in [0.3, 0.4) is 0 Å². The van der Waals surface area contributed by atoms with E-state index in [0.717, 1.165) is 25.1 Å². The molecular weight excluding hydrogens is 262 g/mol. The molecule has 0 radical (unpaired) electrons. The van der Waals surface area contributed by atoms with Gasteiger partial charge in [-0.05, 0) is 37.4 Å². The highest BCUT2D eigenvalue weighted by atomic mass is 32.2. The molecule has 0 aromatic carbocycles. The number of hydrogen-bond donors (Lipinski definition) is 0. The highest BCUT2D eigenvalue weighted by Gasteiger charge is 2.29. The average molecular weight is 285 g/mol. The van der Waals surface area contributed by atoms with Crippen LogP contribution in [0.5, 0.6) is 0 Å². The number of piperidine rings is 1. The fourth-order valence-corrected chi connectivity index (χ4v) is 3.44. The maximum atomic E-state index is 11.6. The molecule has 2 heterocycles. The molecule has 108 valence electrons. The Morgan fingerprint density at radius 2 is 2.26 bits per heavy atom. The van der Waals surface area contributed by atoms with Crippen LogP contribution in [0.4, 0.5) is 0 Å². The second-order valence-electron chi connectivity index (χ2n) is 5.43. The predicted octanol–water partition coefficient (Wildman–Crippen LogP) is 2.49. The van der Waals surface area contributed by atoms with E-state index in [1.807, 2.05) is 12.1 Å². The minimum Gasteiger partial charge on any atom is -0.468 e. The van der Waals surface area contributed by atoms with Crippen molar-refractivity contribution in [2.75, 3.05) is 24.6 Å². The second kappa shape index (κ2) is 6.09. The first-order chi connectivity index (χ1) is 9.02. The maximum absolute atomic E-state index is 11.6. The van der Waals surface area contributed by atoms with E-state index >= 15 is 0 Å². The van der Waals surface area contributed by atoms with Gasteiger partial charge in [0.1, 0.15) is 5.76 Å². The van der Waals surface area contributed by atoms with Crippen LogP contribution >= 0.6 is 0 Å². The first-order valence-electron chi connectivity index (χ1n) is 6.99. The molecule has 5 heteroatoms. The molecule has 1 fully saturated rings. The zero-order chi connectivity index (χ0) is 13.9. The second-order valence-corrected chi connectivity index (χ2v) is 7.91. The molecule has 0 saturated carbocycles.